The van der Waals surface area contributed by atoms with Crippen molar-refractivity contribution in [3.8, 4) is 0 Å². The van der Waals surface area contributed by atoms with E-state index in [4.69, 9.17) is 11.6 Å². The standard InChI is InChI=1S/C25H26ClN5O2/c26-17-4-3-5-18(16-17)29-13-10-28(11-14-29)12-15-31-24(32)23-22-20(8-9-30(23)25(31)33)19-6-1-2-7-21(19)27-22/h1-7,16,23,27H,8-15H2. The highest BCUT2D eigenvalue weighted by molar-refractivity contribution is 6.30. The Morgan fingerprint density at radius 1 is 0.939 bits per heavy atom. The molecule has 1 aromatic heterocycles. The zero-order chi connectivity index (χ0) is 22.5. The van der Waals surface area contributed by atoms with Crippen LogP contribution in [0.4, 0.5) is 10.5 Å². The molecule has 7 nitrogen and oxygen atoms in total. The number of imide groups is 1. The van der Waals surface area contributed by atoms with Crippen LogP contribution in [0.15, 0.2) is 48.5 Å². The van der Waals surface area contributed by atoms with E-state index in [2.05, 4.69) is 26.9 Å². The Morgan fingerprint density at radius 2 is 1.76 bits per heavy atom. The van der Waals surface area contributed by atoms with Crippen molar-refractivity contribution in [2.24, 2.45) is 0 Å². The van der Waals surface area contributed by atoms with Gasteiger partial charge in [-0.05, 0) is 36.2 Å². The van der Waals surface area contributed by atoms with Gasteiger partial charge in [0.15, 0.2) is 6.04 Å². The molecule has 8 heteroatoms. The minimum atomic E-state index is -0.520. The molecule has 3 aromatic rings. The van der Waals surface area contributed by atoms with Gasteiger partial charge >= 0.3 is 6.03 Å². The minimum absolute atomic E-state index is 0.106. The Bertz CT molecular complexity index is 1230. The van der Waals surface area contributed by atoms with Crippen LogP contribution in [0.2, 0.25) is 5.02 Å². The molecule has 6 rings (SSSR count). The number of fused-ring (bicyclic) bond motifs is 5. The van der Waals surface area contributed by atoms with Gasteiger partial charge in [0.2, 0.25) is 0 Å². The minimum Gasteiger partial charge on any atom is -0.369 e. The summed E-state index contributed by atoms with van der Waals surface area (Å²) in [7, 11) is 0. The van der Waals surface area contributed by atoms with Gasteiger partial charge in [0.05, 0.1) is 5.69 Å². The molecule has 3 amide bonds. The third-order valence-corrected chi connectivity index (χ3v) is 7.43. The van der Waals surface area contributed by atoms with Crippen molar-refractivity contribution in [1.29, 1.82) is 0 Å². The average Bonchev–Trinajstić information content (AvgIpc) is 3.33. The SMILES string of the molecule is O=C1C2c3[nH]c4ccccc4c3CCN2C(=O)N1CCN1CCN(c2cccc(Cl)c2)CC1. The number of H-pyrrole nitrogens is 1. The van der Waals surface area contributed by atoms with E-state index in [1.165, 1.54) is 10.5 Å². The highest BCUT2D eigenvalue weighted by Gasteiger charge is 2.49. The van der Waals surface area contributed by atoms with E-state index in [1.807, 2.05) is 36.4 Å². The van der Waals surface area contributed by atoms with E-state index < -0.39 is 6.04 Å². The number of piperazine rings is 1. The number of anilines is 1. The molecule has 0 saturated carbocycles. The maximum Gasteiger partial charge on any atom is 0.327 e. The summed E-state index contributed by atoms with van der Waals surface area (Å²) >= 11 is 6.14. The van der Waals surface area contributed by atoms with Crippen molar-refractivity contribution in [3.63, 3.8) is 0 Å². The van der Waals surface area contributed by atoms with E-state index in [0.29, 0.717) is 19.6 Å². The van der Waals surface area contributed by atoms with E-state index in [-0.39, 0.29) is 11.9 Å². The Morgan fingerprint density at radius 3 is 2.58 bits per heavy atom. The fourth-order valence-corrected chi connectivity index (χ4v) is 5.63. The summed E-state index contributed by atoms with van der Waals surface area (Å²) in [5.41, 5.74) is 4.23. The van der Waals surface area contributed by atoms with E-state index >= 15 is 0 Å². The number of carbonyl (C=O) groups is 2. The summed E-state index contributed by atoms with van der Waals surface area (Å²) in [6, 6.07) is 15.4. The maximum absolute atomic E-state index is 13.3. The normalized spacial score (nSPS) is 21.1. The van der Waals surface area contributed by atoms with Gasteiger partial charge in [-0.15, -0.1) is 0 Å². The number of aromatic nitrogens is 1. The lowest BCUT2D eigenvalue weighted by Gasteiger charge is -2.36. The molecule has 4 heterocycles. The van der Waals surface area contributed by atoms with Crippen molar-refractivity contribution in [2.45, 2.75) is 12.5 Å². The second kappa shape index (κ2) is 8.08. The van der Waals surface area contributed by atoms with Crippen LogP contribution in [-0.4, -0.2) is 77.4 Å². The van der Waals surface area contributed by atoms with Crippen LogP contribution in [0.25, 0.3) is 10.9 Å². The summed E-state index contributed by atoms with van der Waals surface area (Å²) in [4.78, 5) is 37.7. The van der Waals surface area contributed by atoms with Crippen LogP contribution < -0.4 is 4.90 Å². The number of amides is 3. The Labute approximate surface area is 197 Å². The van der Waals surface area contributed by atoms with Crippen molar-refractivity contribution in [3.05, 3.63) is 64.8 Å². The summed E-state index contributed by atoms with van der Waals surface area (Å²) in [5.74, 6) is -0.106. The van der Waals surface area contributed by atoms with Gasteiger partial charge in [0, 0.05) is 67.4 Å². The van der Waals surface area contributed by atoms with Crippen molar-refractivity contribution >= 4 is 40.1 Å². The molecule has 3 aliphatic rings. The lowest BCUT2D eigenvalue weighted by atomic mass is 9.98. The lowest BCUT2D eigenvalue weighted by molar-refractivity contribution is -0.128. The monoisotopic (exact) mass is 463 g/mol. The zero-order valence-electron chi connectivity index (χ0n) is 18.3. The molecular formula is C25H26ClN5O2. The number of rotatable bonds is 4. The Kier molecular flexibility index (Phi) is 5.03. The van der Waals surface area contributed by atoms with E-state index in [1.54, 1.807) is 4.90 Å². The predicted octanol–water partition coefficient (Wildman–Crippen LogP) is 3.50. The van der Waals surface area contributed by atoms with Crippen LogP contribution in [0, 0.1) is 0 Å². The quantitative estimate of drug-likeness (QED) is 0.601. The topological polar surface area (TPSA) is 62.9 Å². The molecular weight excluding hydrogens is 438 g/mol. The first-order valence-corrected chi connectivity index (χ1v) is 11.9. The molecule has 0 radical (unpaired) electrons. The molecule has 1 N–H and O–H groups in total. The molecule has 0 aliphatic carbocycles. The van der Waals surface area contributed by atoms with Crippen LogP contribution in [-0.2, 0) is 11.2 Å². The number of halogens is 1. The van der Waals surface area contributed by atoms with Gasteiger partial charge in [-0.3, -0.25) is 14.6 Å². The van der Waals surface area contributed by atoms with E-state index in [0.717, 1.165) is 59.9 Å². The van der Waals surface area contributed by atoms with Gasteiger partial charge in [0.25, 0.3) is 5.91 Å². The first-order chi connectivity index (χ1) is 16.1. The zero-order valence-corrected chi connectivity index (χ0v) is 19.1. The molecule has 0 spiro atoms. The summed E-state index contributed by atoms with van der Waals surface area (Å²) in [6.07, 6.45) is 0.772. The van der Waals surface area contributed by atoms with Crippen molar-refractivity contribution in [1.82, 2.24) is 19.7 Å². The summed E-state index contributed by atoms with van der Waals surface area (Å²) < 4.78 is 0. The fourth-order valence-electron chi connectivity index (χ4n) is 5.45. The maximum atomic E-state index is 13.3. The molecule has 170 valence electrons. The molecule has 0 bridgehead atoms. The molecule has 2 aromatic carbocycles. The fraction of sp³-hybridized carbons (Fsp3) is 0.360. The van der Waals surface area contributed by atoms with Gasteiger partial charge in [-0.2, -0.15) is 0 Å². The van der Waals surface area contributed by atoms with Crippen LogP contribution in [0.1, 0.15) is 17.3 Å². The molecule has 3 aliphatic heterocycles. The molecule has 2 saturated heterocycles. The third kappa shape index (κ3) is 3.47. The van der Waals surface area contributed by atoms with Gasteiger partial charge in [-0.1, -0.05) is 35.9 Å². The second-order valence-corrected chi connectivity index (χ2v) is 9.43. The lowest BCUT2D eigenvalue weighted by Crippen LogP contribution is -2.49. The second-order valence-electron chi connectivity index (χ2n) is 8.99. The highest BCUT2D eigenvalue weighted by atomic mass is 35.5. The number of carbonyl (C=O) groups excluding carboxylic acids is 2. The average molecular weight is 464 g/mol. The van der Waals surface area contributed by atoms with Gasteiger partial charge in [0.1, 0.15) is 0 Å². The Hall–Kier alpha value is -3.03. The third-order valence-electron chi connectivity index (χ3n) is 7.20. The first-order valence-electron chi connectivity index (χ1n) is 11.5. The number of aromatic amines is 1. The first kappa shape index (κ1) is 20.6. The number of nitrogens with one attached hydrogen (secondary N) is 1. The molecule has 1 atom stereocenters. The molecule has 2 fully saturated rings. The number of urea groups is 1. The predicted molar refractivity (Wildman–Crippen MR) is 129 cm³/mol. The molecule has 1 unspecified atom stereocenters. The number of para-hydroxylation sites is 1. The van der Waals surface area contributed by atoms with Crippen molar-refractivity contribution in [2.75, 3.05) is 50.7 Å². The number of hydrogen-bond donors (Lipinski definition) is 1. The van der Waals surface area contributed by atoms with Crippen molar-refractivity contribution < 1.29 is 9.59 Å². The van der Waals surface area contributed by atoms with Crippen LogP contribution >= 0.6 is 11.6 Å². The summed E-state index contributed by atoms with van der Waals surface area (Å²) in [5, 5.41) is 1.90. The van der Waals surface area contributed by atoms with Crippen LogP contribution in [0.5, 0.6) is 0 Å². The van der Waals surface area contributed by atoms with Crippen LogP contribution in [0.3, 0.4) is 0 Å². The van der Waals surface area contributed by atoms with Gasteiger partial charge < -0.3 is 14.8 Å². The molecule has 33 heavy (non-hydrogen) atoms. The number of hydrogen-bond acceptors (Lipinski definition) is 4. The van der Waals surface area contributed by atoms with E-state index in [9.17, 15) is 9.59 Å². The van der Waals surface area contributed by atoms with Gasteiger partial charge in [-0.25, -0.2) is 4.79 Å². The summed E-state index contributed by atoms with van der Waals surface area (Å²) in [6.45, 7) is 5.28. The number of nitrogens with zero attached hydrogens (tertiary/aromatic N) is 4. The Balaban J connectivity index is 1.12. The smallest absolute Gasteiger partial charge is 0.327 e. The highest BCUT2D eigenvalue weighted by Crippen LogP contribution is 2.39. The largest absolute Gasteiger partial charge is 0.369 e. The number of benzene rings is 2.